The maximum Gasteiger partial charge on any atom is 0.257 e. The highest BCUT2D eigenvalue weighted by molar-refractivity contribution is 5.97. The predicted octanol–water partition coefficient (Wildman–Crippen LogP) is 3.12. The van der Waals surface area contributed by atoms with Crippen LogP contribution in [-0.2, 0) is 11.2 Å². The summed E-state index contributed by atoms with van der Waals surface area (Å²) < 4.78 is 5.38. The Balaban J connectivity index is 2.07. The Hall–Kier alpha value is -2.04. The second-order valence-electron chi connectivity index (χ2n) is 6.52. The van der Waals surface area contributed by atoms with Crippen LogP contribution in [0.15, 0.2) is 18.2 Å². The molecule has 0 atom stereocenters. The molecule has 0 N–H and O–H groups in total. The van der Waals surface area contributed by atoms with Gasteiger partial charge in [0.2, 0.25) is 5.91 Å². The summed E-state index contributed by atoms with van der Waals surface area (Å²) in [4.78, 5) is 29.0. The number of carbonyl (C=O) groups is 2. The summed E-state index contributed by atoms with van der Waals surface area (Å²) in [6.45, 7) is 6.77. The third kappa shape index (κ3) is 4.97. The molecule has 1 aromatic carbocycles. The molecular weight excluding hydrogens is 316 g/mol. The maximum atomic E-state index is 13.0. The van der Waals surface area contributed by atoms with Crippen LogP contribution in [0.3, 0.4) is 0 Å². The summed E-state index contributed by atoms with van der Waals surface area (Å²) in [6, 6.07) is 5.78. The molecule has 5 heteroatoms. The van der Waals surface area contributed by atoms with E-state index in [0.717, 1.165) is 37.8 Å². The second-order valence-corrected chi connectivity index (χ2v) is 6.52. The molecule has 1 saturated heterocycles. The molecular formula is C20H30N2O3. The van der Waals surface area contributed by atoms with Crippen molar-refractivity contribution in [1.29, 1.82) is 0 Å². The van der Waals surface area contributed by atoms with Crippen LogP contribution in [0.25, 0.3) is 0 Å². The van der Waals surface area contributed by atoms with E-state index < -0.39 is 0 Å². The summed E-state index contributed by atoms with van der Waals surface area (Å²) in [5.41, 5.74) is 1.74. The highest BCUT2D eigenvalue weighted by Gasteiger charge is 2.24. The number of carbonyl (C=O) groups excluding carboxylic acids is 2. The van der Waals surface area contributed by atoms with Crippen molar-refractivity contribution in [3.8, 4) is 5.75 Å². The van der Waals surface area contributed by atoms with Crippen molar-refractivity contribution in [2.24, 2.45) is 0 Å². The Morgan fingerprint density at radius 2 is 1.80 bits per heavy atom. The molecule has 0 saturated carbocycles. The van der Waals surface area contributed by atoms with Gasteiger partial charge in [-0.25, -0.2) is 0 Å². The summed E-state index contributed by atoms with van der Waals surface area (Å²) in [7, 11) is 1.59. The van der Waals surface area contributed by atoms with E-state index >= 15 is 0 Å². The van der Waals surface area contributed by atoms with Crippen molar-refractivity contribution in [2.75, 3.05) is 33.3 Å². The van der Waals surface area contributed by atoms with Crippen molar-refractivity contribution in [2.45, 2.75) is 46.0 Å². The lowest BCUT2D eigenvalue weighted by atomic mass is 10.1. The van der Waals surface area contributed by atoms with Gasteiger partial charge in [-0.2, -0.15) is 0 Å². The number of aryl methyl sites for hydroxylation is 1. The van der Waals surface area contributed by atoms with Gasteiger partial charge in [-0.15, -0.1) is 0 Å². The molecule has 0 bridgehead atoms. The van der Waals surface area contributed by atoms with Gasteiger partial charge in [-0.05, 0) is 37.0 Å². The van der Waals surface area contributed by atoms with Gasteiger partial charge in [0, 0.05) is 32.6 Å². The number of nitrogens with zero attached hydrogens (tertiary/aromatic N) is 2. The average Bonchev–Trinajstić information content (AvgIpc) is 2.91. The molecule has 1 fully saturated rings. The van der Waals surface area contributed by atoms with Gasteiger partial charge in [0.05, 0.1) is 12.7 Å². The van der Waals surface area contributed by atoms with Gasteiger partial charge in [-0.1, -0.05) is 26.3 Å². The van der Waals surface area contributed by atoms with Gasteiger partial charge in [0.15, 0.2) is 0 Å². The van der Waals surface area contributed by atoms with E-state index in [-0.39, 0.29) is 11.8 Å². The summed E-state index contributed by atoms with van der Waals surface area (Å²) >= 11 is 0. The Bertz CT molecular complexity index is 601. The van der Waals surface area contributed by atoms with Crippen LogP contribution in [0.1, 0.15) is 55.5 Å². The molecule has 2 amide bonds. The van der Waals surface area contributed by atoms with E-state index in [1.54, 1.807) is 7.11 Å². The van der Waals surface area contributed by atoms with Crippen LogP contribution < -0.4 is 4.74 Å². The number of rotatable bonds is 6. The van der Waals surface area contributed by atoms with E-state index in [0.29, 0.717) is 37.4 Å². The number of methoxy groups -OCH3 is 1. The van der Waals surface area contributed by atoms with Gasteiger partial charge < -0.3 is 14.5 Å². The summed E-state index contributed by atoms with van der Waals surface area (Å²) in [5.74, 6) is 0.819. The third-order valence-electron chi connectivity index (χ3n) is 4.78. The first-order valence-electron chi connectivity index (χ1n) is 9.34. The lowest BCUT2D eigenvalue weighted by molar-refractivity contribution is -0.131. The Morgan fingerprint density at radius 3 is 2.48 bits per heavy atom. The van der Waals surface area contributed by atoms with Crippen molar-refractivity contribution in [3.05, 3.63) is 29.3 Å². The molecule has 0 radical (unpaired) electrons. The molecule has 1 aliphatic heterocycles. The van der Waals surface area contributed by atoms with Crippen LogP contribution in [0.2, 0.25) is 0 Å². The Labute approximate surface area is 150 Å². The zero-order valence-corrected chi connectivity index (χ0v) is 15.7. The molecule has 138 valence electrons. The fourth-order valence-corrected chi connectivity index (χ4v) is 3.17. The second kappa shape index (κ2) is 9.44. The van der Waals surface area contributed by atoms with E-state index in [1.165, 1.54) is 0 Å². The Kier molecular flexibility index (Phi) is 7.29. The predicted molar refractivity (Wildman–Crippen MR) is 99.0 cm³/mol. The summed E-state index contributed by atoms with van der Waals surface area (Å²) in [6.07, 6.45) is 4.26. The minimum absolute atomic E-state index is 0.00462. The van der Waals surface area contributed by atoms with Crippen LogP contribution in [0.4, 0.5) is 0 Å². The molecule has 5 nitrogen and oxygen atoms in total. The number of ether oxygens (including phenoxy) is 1. The molecule has 1 heterocycles. The van der Waals surface area contributed by atoms with Crippen molar-refractivity contribution >= 4 is 11.8 Å². The smallest absolute Gasteiger partial charge is 0.257 e. The molecule has 2 rings (SSSR count). The number of hydrogen-bond donors (Lipinski definition) is 0. The average molecular weight is 346 g/mol. The number of amides is 2. The third-order valence-corrected chi connectivity index (χ3v) is 4.78. The largest absolute Gasteiger partial charge is 0.496 e. The van der Waals surface area contributed by atoms with E-state index in [4.69, 9.17) is 4.74 Å². The standard InChI is InChI=1S/C20H30N2O3/c1-4-6-8-19(23)21-11-7-12-22(14-13-21)20(24)17-15-16(5-2)9-10-18(17)25-3/h9-10,15H,4-8,11-14H2,1-3H3. The number of hydrogen-bond acceptors (Lipinski definition) is 3. The molecule has 0 aliphatic carbocycles. The minimum Gasteiger partial charge on any atom is -0.496 e. The lowest BCUT2D eigenvalue weighted by Gasteiger charge is -2.23. The maximum absolute atomic E-state index is 13.0. The first-order valence-corrected chi connectivity index (χ1v) is 9.34. The zero-order valence-electron chi connectivity index (χ0n) is 15.7. The van der Waals surface area contributed by atoms with Gasteiger partial charge in [-0.3, -0.25) is 9.59 Å². The first kappa shape index (κ1) is 19.3. The summed E-state index contributed by atoms with van der Waals surface area (Å²) in [5, 5.41) is 0. The van der Waals surface area contributed by atoms with Crippen molar-refractivity contribution in [1.82, 2.24) is 9.80 Å². The molecule has 1 aromatic rings. The molecule has 1 aliphatic rings. The topological polar surface area (TPSA) is 49.9 Å². The lowest BCUT2D eigenvalue weighted by Crippen LogP contribution is -2.37. The molecule has 0 spiro atoms. The van der Waals surface area contributed by atoms with E-state index in [1.807, 2.05) is 28.0 Å². The fourth-order valence-electron chi connectivity index (χ4n) is 3.17. The minimum atomic E-state index is -0.00462. The first-order chi connectivity index (χ1) is 12.1. The van der Waals surface area contributed by atoms with Crippen LogP contribution in [-0.4, -0.2) is 54.9 Å². The van der Waals surface area contributed by atoms with Gasteiger partial charge in [0.25, 0.3) is 5.91 Å². The van der Waals surface area contributed by atoms with Gasteiger partial charge >= 0.3 is 0 Å². The Morgan fingerprint density at radius 1 is 1.08 bits per heavy atom. The number of unbranched alkanes of at least 4 members (excludes halogenated alkanes) is 1. The zero-order chi connectivity index (χ0) is 18.2. The van der Waals surface area contributed by atoms with Crippen molar-refractivity contribution < 1.29 is 14.3 Å². The van der Waals surface area contributed by atoms with E-state index in [2.05, 4.69) is 13.8 Å². The van der Waals surface area contributed by atoms with Gasteiger partial charge in [0.1, 0.15) is 5.75 Å². The highest BCUT2D eigenvalue weighted by atomic mass is 16.5. The van der Waals surface area contributed by atoms with Crippen LogP contribution in [0, 0.1) is 0 Å². The van der Waals surface area contributed by atoms with Crippen LogP contribution >= 0.6 is 0 Å². The monoisotopic (exact) mass is 346 g/mol. The quantitative estimate of drug-likeness (QED) is 0.795. The highest BCUT2D eigenvalue weighted by Crippen LogP contribution is 2.23. The molecule has 25 heavy (non-hydrogen) atoms. The molecule has 0 unspecified atom stereocenters. The van der Waals surface area contributed by atoms with E-state index in [9.17, 15) is 9.59 Å². The fraction of sp³-hybridized carbons (Fsp3) is 0.600. The normalized spacial score (nSPS) is 15.0. The number of benzene rings is 1. The SMILES string of the molecule is CCCCC(=O)N1CCCN(C(=O)c2cc(CC)ccc2OC)CC1. The van der Waals surface area contributed by atoms with Crippen LogP contribution in [0.5, 0.6) is 5.75 Å². The van der Waals surface area contributed by atoms with Crippen molar-refractivity contribution in [3.63, 3.8) is 0 Å². The molecule has 0 aromatic heterocycles.